The van der Waals surface area contributed by atoms with Crippen LogP contribution in [-0.2, 0) is 9.53 Å². The smallest absolute Gasteiger partial charge is 0.303 e. The van der Waals surface area contributed by atoms with Gasteiger partial charge in [-0.2, -0.15) is 0 Å². The van der Waals surface area contributed by atoms with E-state index in [-0.39, 0.29) is 5.97 Å². The highest BCUT2D eigenvalue weighted by atomic mass is 32.1. The van der Waals surface area contributed by atoms with Crippen molar-refractivity contribution in [2.45, 2.75) is 13.0 Å². The third-order valence-corrected chi connectivity index (χ3v) is 0.773. The molecule has 0 spiro atoms. The van der Waals surface area contributed by atoms with Crippen LogP contribution in [0.5, 0.6) is 0 Å². The summed E-state index contributed by atoms with van der Waals surface area (Å²) in [5.74, 6) is -0.355. The molecule has 1 unspecified atom stereocenters. The molecule has 0 rings (SSSR count). The van der Waals surface area contributed by atoms with E-state index in [4.69, 9.17) is 0 Å². The fourth-order valence-corrected chi connectivity index (χ4v) is 0.297. The van der Waals surface area contributed by atoms with Crippen LogP contribution in [0.2, 0.25) is 0 Å². The molecule has 8 heavy (non-hydrogen) atoms. The van der Waals surface area contributed by atoms with Crippen LogP contribution < -0.4 is 0 Å². The van der Waals surface area contributed by atoms with Crippen molar-refractivity contribution in [2.24, 2.45) is 0 Å². The number of hydrogen-bond acceptors (Lipinski definition) is 3. The Morgan fingerprint density at radius 3 is 2.62 bits per heavy atom. The van der Waals surface area contributed by atoms with Crippen molar-refractivity contribution in [1.29, 1.82) is 0 Å². The van der Waals surface area contributed by atoms with Crippen molar-refractivity contribution >= 4 is 23.6 Å². The number of carbonyl (C=O) groups excluding carboxylic acids is 1. The lowest BCUT2D eigenvalue weighted by Crippen LogP contribution is -2.12. The Hall–Kier alpha value is -0.440. The van der Waals surface area contributed by atoms with Crippen LogP contribution in [0.15, 0.2) is 0 Å². The van der Waals surface area contributed by atoms with Gasteiger partial charge in [-0.25, -0.2) is 0 Å². The first-order valence-corrected chi connectivity index (χ1v) is 2.59. The summed E-state index contributed by atoms with van der Waals surface area (Å²) in [5, 5.41) is 1.29. The van der Waals surface area contributed by atoms with Crippen molar-refractivity contribution in [3.05, 3.63) is 6.92 Å². The van der Waals surface area contributed by atoms with Crippen molar-refractivity contribution < 1.29 is 9.53 Å². The lowest BCUT2D eigenvalue weighted by atomic mass is 10.5. The van der Waals surface area contributed by atoms with Gasteiger partial charge in [0, 0.05) is 12.3 Å². The number of rotatable bonds is 2. The van der Waals surface area contributed by atoms with E-state index in [1.807, 2.05) is 0 Å². The Labute approximate surface area is 53.8 Å². The van der Waals surface area contributed by atoms with Gasteiger partial charge in [0.1, 0.15) is 6.10 Å². The molecular formula is C5H7O2S. The van der Waals surface area contributed by atoms with E-state index < -0.39 is 6.10 Å². The van der Waals surface area contributed by atoms with Gasteiger partial charge in [-0.15, -0.1) is 0 Å². The monoisotopic (exact) mass is 131 g/mol. The van der Waals surface area contributed by atoms with Gasteiger partial charge in [0.05, 0.1) is 0 Å². The predicted molar refractivity (Wildman–Crippen MR) is 34.6 cm³/mol. The fraction of sp³-hybridized carbons (Fsp3) is 0.400. The van der Waals surface area contributed by atoms with Gasteiger partial charge in [-0.3, -0.25) is 4.79 Å². The highest BCUT2D eigenvalue weighted by Crippen LogP contribution is 1.84. The minimum atomic E-state index is -0.484. The first kappa shape index (κ1) is 7.56. The Balaban J connectivity index is 3.38. The standard InChI is InChI=1S/C5H7O2S/c1-4(3-8)7-5(2)6/h3-4H,1H2,2H3. The molecule has 0 heterocycles. The molecule has 3 heteroatoms. The van der Waals surface area contributed by atoms with Crippen LogP contribution in [0.1, 0.15) is 6.92 Å². The third-order valence-electron chi connectivity index (χ3n) is 0.469. The van der Waals surface area contributed by atoms with Gasteiger partial charge in [-0.05, 0) is 6.92 Å². The van der Waals surface area contributed by atoms with Gasteiger partial charge < -0.3 is 4.74 Å². The lowest BCUT2D eigenvalue weighted by molar-refractivity contribution is -0.141. The molecule has 2 nitrogen and oxygen atoms in total. The van der Waals surface area contributed by atoms with E-state index in [0.29, 0.717) is 0 Å². The molecule has 0 fully saturated rings. The average molecular weight is 131 g/mol. The quantitative estimate of drug-likeness (QED) is 0.408. The van der Waals surface area contributed by atoms with Crippen molar-refractivity contribution in [3.8, 4) is 0 Å². The van der Waals surface area contributed by atoms with E-state index in [1.165, 1.54) is 12.3 Å². The number of carbonyl (C=O) groups is 1. The Bertz CT molecular complexity index is 101. The molecule has 0 aliphatic rings. The van der Waals surface area contributed by atoms with Crippen LogP contribution in [0.3, 0.4) is 0 Å². The van der Waals surface area contributed by atoms with E-state index in [9.17, 15) is 4.79 Å². The number of esters is 1. The molecule has 45 valence electrons. The fourth-order valence-electron chi connectivity index (χ4n) is 0.241. The van der Waals surface area contributed by atoms with Crippen LogP contribution in [0.4, 0.5) is 0 Å². The molecule has 0 aliphatic heterocycles. The molecule has 1 atom stereocenters. The van der Waals surface area contributed by atoms with E-state index >= 15 is 0 Å². The van der Waals surface area contributed by atoms with Gasteiger partial charge in [0.2, 0.25) is 0 Å². The zero-order valence-electron chi connectivity index (χ0n) is 4.59. The van der Waals surface area contributed by atoms with Crippen LogP contribution in [0.25, 0.3) is 0 Å². The zero-order valence-corrected chi connectivity index (χ0v) is 5.40. The number of thiocarbonyl (C=S) groups is 1. The predicted octanol–water partition coefficient (Wildman–Crippen LogP) is 0.752. The summed E-state index contributed by atoms with van der Waals surface area (Å²) in [4.78, 5) is 10.1. The van der Waals surface area contributed by atoms with Crippen LogP contribution in [0, 0.1) is 6.92 Å². The molecule has 0 aliphatic carbocycles. The Morgan fingerprint density at radius 2 is 2.50 bits per heavy atom. The summed E-state index contributed by atoms with van der Waals surface area (Å²) < 4.78 is 4.49. The molecule has 0 aromatic carbocycles. The van der Waals surface area contributed by atoms with Crippen molar-refractivity contribution in [1.82, 2.24) is 0 Å². The molecule has 0 N–H and O–H groups in total. The van der Waals surface area contributed by atoms with Crippen LogP contribution in [-0.4, -0.2) is 17.4 Å². The molecule has 0 aromatic heterocycles. The first-order chi connectivity index (χ1) is 3.66. The molecule has 0 saturated heterocycles. The minimum Gasteiger partial charge on any atom is -0.457 e. The van der Waals surface area contributed by atoms with E-state index in [2.05, 4.69) is 23.9 Å². The van der Waals surface area contributed by atoms with Crippen molar-refractivity contribution in [3.63, 3.8) is 0 Å². The second-order valence-corrected chi connectivity index (χ2v) is 1.56. The normalized spacial score (nSPS) is 12.2. The third kappa shape index (κ3) is 3.74. The lowest BCUT2D eigenvalue weighted by Gasteiger charge is -2.02. The zero-order chi connectivity index (χ0) is 6.57. The summed E-state index contributed by atoms with van der Waals surface area (Å²) in [6.45, 7) is 4.71. The number of ether oxygens (including phenoxy) is 1. The van der Waals surface area contributed by atoms with E-state index in [0.717, 1.165) is 0 Å². The van der Waals surface area contributed by atoms with Crippen molar-refractivity contribution in [2.75, 3.05) is 0 Å². The molecule has 1 radical (unpaired) electrons. The Kier molecular flexibility index (Phi) is 3.35. The van der Waals surface area contributed by atoms with Crippen LogP contribution >= 0.6 is 12.2 Å². The topological polar surface area (TPSA) is 26.3 Å². The number of hydrogen-bond donors (Lipinski definition) is 0. The summed E-state index contributed by atoms with van der Waals surface area (Å²) >= 11 is 4.43. The maximum absolute atomic E-state index is 10.1. The maximum atomic E-state index is 10.1. The molecule has 0 bridgehead atoms. The molecule has 0 aromatic rings. The average Bonchev–Trinajstić information content (AvgIpc) is 1.65. The molecule has 0 amide bonds. The summed E-state index contributed by atoms with van der Waals surface area (Å²) in [6.07, 6.45) is -0.484. The summed E-state index contributed by atoms with van der Waals surface area (Å²) in [5.41, 5.74) is 0. The summed E-state index contributed by atoms with van der Waals surface area (Å²) in [7, 11) is 0. The highest BCUT2D eigenvalue weighted by Gasteiger charge is 1.97. The largest absolute Gasteiger partial charge is 0.457 e. The minimum absolute atomic E-state index is 0.355. The second kappa shape index (κ2) is 3.55. The highest BCUT2D eigenvalue weighted by molar-refractivity contribution is 7.79. The van der Waals surface area contributed by atoms with Gasteiger partial charge in [0.25, 0.3) is 0 Å². The molecular weight excluding hydrogens is 124 g/mol. The molecule has 0 saturated carbocycles. The van der Waals surface area contributed by atoms with E-state index in [1.54, 1.807) is 0 Å². The maximum Gasteiger partial charge on any atom is 0.303 e. The SMILES string of the molecule is [CH2]C(C=S)OC(C)=O. The second-order valence-electron chi connectivity index (χ2n) is 1.28. The first-order valence-electron chi connectivity index (χ1n) is 2.12. The Morgan fingerprint density at radius 1 is 2.00 bits per heavy atom. The summed E-state index contributed by atoms with van der Waals surface area (Å²) in [6, 6.07) is 0. The van der Waals surface area contributed by atoms with Gasteiger partial charge in [0.15, 0.2) is 0 Å². The van der Waals surface area contributed by atoms with Gasteiger partial charge >= 0.3 is 5.97 Å². The van der Waals surface area contributed by atoms with Gasteiger partial charge in [-0.1, -0.05) is 12.2 Å².